The van der Waals surface area contributed by atoms with E-state index < -0.39 is 6.04 Å². The van der Waals surface area contributed by atoms with Crippen molar-refractivity contribution in [1.29, 1.82) is 0 Å². The minimum absolute atomic E-state index is 0.0860. The van der Waals surface area contributed by atoms with Crippen molar-refractivity contribution in [3.8, 4) is 0 Å². The number of nitrogens with zero attached hydrogens (tertiary/aromatic N) is 1. The first kappa shape index (κ1) is 22.0. The molecule has 5 heteroatoms. The zero-order valence-corrected chi connectivity index (χ0v) is 18.0. The van der Waals surface area contributed by atoms with Gasteiger partial charge in [-0.05, 0) is 57.9 Å². The predicted molar refractivity (Wildman–Crippen MR) is 114 cm³/mol. The van der Waals surface area contributed by atoms with Crippen molar-refractivity contribution in [2.45, 2.75) is 59.2 Å². The molecule has 0 aliphatic heterocycles. The van der Waals surface area contributed by atoms with Crippen molar-refractivity contribution in [2.75, 3.05) is 0 Å². The fourth-order valence-corrected chi connectivity index (χ4v) is 3.07. The summed E-state index contributed by atoms with van der Waals surface area (Å²) in [5.74, 6) is -0.254. The van der Waals surface area contributed by atoms with Gasteiger partial charge in [-0.1, -0.05) is 53.6 Å². The topological polar surface area (TPSA) is 49.4 Å². The number of halogens is 1. The van der Waals surface area contributed by atoms with Crippen LogP contribution in [0.2, 0.25) is 5.02 Å². The first-order valence-corrected chi connectivity index (χ1v) is 9.84. The minimum Gasteiger partial charge on any atom is -0.350 e. The Morgan fingerprint density at radius 1 is 1.07 bits per heavy atom. The van der Waals surface area contributed by atoms with E-state index in [2.05, 4.69) is 5.32 Å². The molecule has 0 bridgehead atoms. The maximum absolute atomic E-state index is 13.1. The van der Waals surface area contributed by atoms with Crippen LogP contribution in [-0.2, 0) is 22.6 Å². The molecule has 0 aliphatic carbocycles. The molecule has 0 saturated heterocycles. The largest absolute Gasteiger partial charge is 0.350 e. The molecule has 1 atom stereocenters. The molecule has 2 aromatic carbocycles. The monoisotopic (exact) mass is 400 g/mol. The maximum atomic E-state index is 13.1. The van der Waals surface area contributed by atoms with E-state index in [-0.39, 0.29) is 23.8 Å². The molecule has 0 saturated carbocycles. The Bertz CT molecular complexity index is 825. The van der Waals surface area contributed by atoms with E-state index in [0.717, 1.165) is 16.7 Å². The van der Waals surface area contributed by atoms with Gasteiger partial charge in [0.15, 0.2) is 0 Å². The smallest absolute Gasteiger partial charge is 0.242 e. The first-order chi connectivity index (χ1) is 13.0. The molecule has 4 nitrogen and oxygen atoms in total. The second-order valence-corrected chi connectivity index (χ2v) is 8.67. The summed E-state index contributed by atoms with van der Waals surface area (Å²) >= 11 is 5.97. The molecule has 28 heavy (non-hydrogen) atoms. The second-order valence-electron chi connectivity index (χ2n) is 8.23. The lowest BCUT2D eigenvalue weighted by atomic mass is 10.1. The van der Waals surface area contributed by atoms with E-state index in [9.17, 15) is 9.59 Å². The lowest BCUT2D eigenvalue weighted by molar-refractivity contribution is -0.140. The normalized spacial score (nSPS) is 12.4. The molecule has 2 rings (SSSR count). The van der Waals surface area contributed by atoms with Crippen LogP contribution in [0.1, 0.15) is 44.4 Å². The number of carbonyl (C=O) groups is 2. The Hall–Kier alpha value is -2.33. The van der Waals surface area contributed by atoms with Crippen LogP contribution >= 0.6 is 11.6 Å². The summed E-state index contributed by atoms with van der Waals surface area (Å²) in [7, 11) is 0. The third kappa shape index (κ3) is 6.68. The maximum Gasteiger partial charge on any atom is 0.242 e. The third-order valence-electron chi connectivity index (χ3n) is 4.37. The van der Waals surface area contributed by atoms with E-state index in [1.807, 2.05) is 64.1 Å². The van der Waals surface area contributed by atoms with Gasteiger partial charge in [0.2, 0.25) is 11.8 Å². The van der Waals surface area contributed by atoms with E-state index in [1.165, 1.54) is 0 Å². The summed E-state index contributed by atoms with van der Waals surface area (Å²) in [4.78, 5) is 27.5. The van der Waals surface area contributed by atoms with Gasteiger partial charge in [-0.3, -0.25) is 9.59 Å². The van der Waals surface area contributed by atoms with Crippen LogP contribution in [-0.4, -0.2) is 28.3 Å². The first-order valence-electron chi connectivity index (χ1n) is 9.46. The molecule has 2 amide bonds. The van der Waals surface area contributed by atoms with E-state index in [0.29, 0.717) is 11.6 Å². The molecule has 1 N–H and O–H groups in total. The van der Waals surface area contributed by atoms with Crippen molar-refractivity contribution >= 4 is 23.4 Å². The highest BCUT2D eigenvalue weighted by atomic mass is 35.5. The van der Waals surface area contributed by atoms with Crippen molar-refractivity contribution in [3.63, 3.8) is 0 Å². The standard InChI is InChI=1S/C23H29ClN2O2/c1-16-7-6-8-19(13-16)14-21(27)26(15-18-9-11-20(24)12-10-18)17(2)22(28)25-23(3,4)5/h6-13,17H,14-15H2,1-5H3,(H,25,28). The third-order valence-corrected chi connectivity index (χ3v) is 4.62. The fourth-order valence-electron chi connectivity index (χ4n) is 2.94. The van der Waals surface area contributed by atoms with Crippen LogP contribution in [0.3, 0.4) is 0 Å². The van der Waals surface area contributed by atoms with Crippen molar-refractivity contribution in [1.82, 2.24) is 10.2 Å². The minimum atomic E-state index is -0.591. The highest BCUT2D eigenvalue weighted by Gasteiger charge is 2.28. The molecule has 0 aromatic heterocycles. The highest BCUT2D eigenvalue weighted by Crippen LogP contribution is 2.16. The molecular weight excluding hydrogens is 372 g/mol. The molecule has 0 spiro atoms. The summed E-state index contributed by atoms with van der Waals surface area (Å²) in [6.07, 6.45) is 0.252. The molecule has 2 aromatic rings. The number of hydrogen-bond donors (Lipinski definition) is 1. The van der Waals surface area contributed by atoms with Gasteiger partial charge in [-0.15, -0.1) is 0 Å². The predicted octanol–water partition coefficient (Wildman–Crippen LogP) is 4.52. The van der Waals surface area contributed by atoms with Crippen LogP contribution < -0.4 is 5.32 Å². The van der Waals surface area contributed by atoms with E-state index >= 15 is 0 Å². The molecule has 0 heterocycles. The zero-order chi connectivity index (χ0) is 20.9. The lowest BCUT2D eigenvalue weighted by Gasteiger charge is -2.31. The number of rotatable bonds is 6. The molecule has 150 valence electrons. The van der Waals surface area contributed by atoms with Crippen LogP contribution in [0.5, 0.6) is 0 Å². The average Bonchev–Trinajstić information content (AvgIpc) is 2.59. The SMILES string of the molecule is Cc1cccc(CC(=O)N(Cc2ccc(Cl)cc2)C(C)C(=O)NC(C)(C)C)c1. The summed E-state index contributed by atoms with van der Waals surface area (Å²) < 4.78 is 0. The lowest BCUT2D eigenvalue weighted by Crippen LogP contribution is -2.52. The number of hydrogen-bond acceptors (Lipinski definition) is 2. The molecule has 1 unspecified atom stereocenters. The van der Waals surface area contributed by atoms with Crippen LogP contribution in [0, 0.1) is 6.92 Å². The van der Waals surface area contributed by atoms with Crippen molar-refractivity contribution in [3.05, 3.63) is 70.2 Å². The summed E-state index contributed by atoms with van der Waals surface area (Å²) in [6.45, 7) is 9.89. The fraction of sp³-hybridized carbons (Fsp3) is 0.391. The number of benzene rings is 2. The van der Waals surface area contributed by atoms with Crippen molar-refractivity contribution < 1.29 is 9.59 Å². The molecule has 0 radical (unpaired) electrons. The summed E-state index contributed by atoms with van der Waals surface area (Å²) in [6, 6.07) is 14.6. The second kappa shape index (κ2) is 9.24. The Labute approximate surface area is 172 Å². The Morgan fingerprint density at radius 2 is 1.71 bits per heavy atom. The van der Waals surface area contributed by atoms with Gasteiger partial charge in [0.1, 0.15) is 6.04 Å². The molecule has 0 aliphatic rings. The van der Waals surface area contributed by atoms with Gasteiger partial charge in [-0.25, -0.2) is 0 Å². The molecule has 0 fully saturated rings. The Balaban J connectivity index is 2.24. The Morgan fingerprint density at radius 3 is 2.29 bits per heavy atom. The van der Waals surface area contributed by atoms with E-state index in [4.69, 9.17) is 11.6 Å². The Kier molecular flexibility index (Phi) is 7.25. The van der Waals surface area contributed by atoms with E-state index in [1.54, 1.807) is 24.0 Å². The quantitative estimate of drug-likeness (QED) is 0.774. The van der Waals surface area contributed by atoms with Gasteiger partial charge in [0, 0.05) is 17.1 Å². The summed E-state index contributed by atoms with van der Waals surface area (Å²) in [5.41, 5.74) is 2.61. The van der Waals surface area contributed by atoms with Gasteiger partial charge in [0.05, 0.1) is 6.42 Å². The highest BCUT2D eigenvalue weighted by molar-refractivity contribution is 6.30. The van der Waals surface area contributed by atoms with Crippen molar-refractivity contribution in [2.24, 2.45) is 0 Å². The van der Waals surface area contributed by atoms with Gasteiger partial charge >= 0.3 is 0 Å². The number of aryl methyl sites for hydroxylation is 1. The van der Waals surface area contributed by atoms with Gasteiger partial charge in [-0.2, -0.15) is 0 Å². The number of amides is 2. The van der Waals surface area contributed by atoms with Crippen LogP contribution in [0.15, 0.2) is 48.5 Å². The van der Waals surface area contributed by atoms with Gasteiger partial charge in [0.25, 0.3) is 0 Å². The zero-order valence-electron chi connectivity index (χ0n) is 17.3. The molecular formula is C23H29ClN2O2. The summed E-state index contributed by atoms with van der Waals surface area (Å²) in [5, 5.41) is 3.61. The van der Waals surface area contributed by atoms with Crippen LogP contribution in [0.25, 0.3) is 0 Å². The number of carbonyl (C=O) groups excluding carboxylic acids is 2. The average molecular weight is 401 g/mol. The van der Waals surface area contributed by atoms with Crippen LogP contribution in [0.4, 0.5) is 0 Å². The van der Waals surface area contributed by atoms with Gasteiger partial charge < -0.3 is 10.2 Å². The number of nitrogens with one attached hydrogen (secondary N) is 1.